The summed E-state index contributed by atoms with van der Waals surface area (Å²) in [4.78, 5) is 25.0. The largest absolute Gasteiger partial charge is 0.346 e. The molecule has 1 N–H and O–H groups in total. The average Bonchev–Trinajstić information content (AvgIpc) is 2.68. The zero-order valence-electron chi connectivity index (χ0n) is 17.5. The fourth-order valence-electron chi connectivity index (χ4n) is 3.33. The van der Waals surface area contributed by atoms with Gasteiger partial charge in [0.25, 0.3) is 0 Å². The molecule has 27 heavy (non-hydrogen) atoms. The number of amides is 1. The Bertz CT molecular complexity index is 512. The van der Waals surface area contributed by atoms with Crippen molar-refractivity contribution in [3.63, 3.8) is 0 Å². The van der Waals surface area contributed by atoms with E-state index in [1.54, 1.807) is 0 Å². The first-order chi connectivity index (χ1) is 13.2. The molecular formula is C24H39NO2. The van der Waals surface area contributed by atoms with Crippen molar-refractivity contribution in [2.45, 2.75) is 103 Å². The van der Waals surface area contributed by atoms with Gasteiger partial charge in [0.2, 0.25) is 5.91 Å². The number of carbonyl (C=O) groups is 2. The third-order valence-electron chi connectivity index (χ3n) is 5.04. The maximum Gasteiger partial charge on any atom is 0.220 e. The molecule has 0 aromatic heterocycles. The molecule has 0 heterocycles. The first kappa shape index (κ1) is 23.4. The number of nitrogens with one attached hydrogen (secondary N) is 1. The second-order valence-electron chi connectivity index (χ2n) is 7.60. The SMILES string of the molecule is CCCCCCCC(=O)N[C@H](Cc1ccccc1)C(=O)CCCCCCC. The summed E-state index contributed by atoms with van der Waals surface area (Å²) in [5, 5.41) is 3.02. The lowest BCUT2D eigenvalue weighted by Gasteiger charge is -2.18. The minimum atomic E-state index is -0.387. The van der Waals surface area contributed by atoms with Crippen LogP contribution < -0.4 is 5.32 Å². The minimum Gasteiger partial charge on any atom is -0.346 e. The summed E-state index contributed by atoms with van der Waals surface area (Å²) in [5.41, 5.74) is 1.10. The van der Waals surface area contributed by atoms with Crippen molar-refractivity contribution >= 4 is 11.7 Å². The van der Waals surface area contributed by atoms with Crippen LogP contribution in [0.4, 0.5) is 0 Å². The van der Waals surface area contributed by atoms with Gasteiger partial charge in [-0.2, -0.15) is 0 Å². The molecule has 0 saturated carbocycles. The summed E-state index contributed by atoms with van der Waals surface area (Å²) in [6.45, 7) is 4.38. The van der Waals surface area contributed by atoms with Gasteiger partial charge in [0.15, 0.2) is 5.78 Å². The van der Waals surface area contributed by atoms with E-state index in [0.29, 0.717) is 19.3 Å². The maximum absolute atomic E-state index is 12.7. The van der Waals surface area contributed by atoms with E-state index in [4.69, 9.17) is 0 Å². The Labute approximate surface area is 166 Å². The Balaban J connectivity index is 2.49. The first-order valence-corrected chi connectivity index (χ1v) is 11.0. The maximum atomic E-state index is 12.7. The normalized spacial score (nSPS) is 11.9. The summed E-state index contributed by atoms with van der Waals surface area (Å²) in [5.74, 6) is 0.196. The van der Waals surface area contributed by atoms with Crippen molar-refractivity contribution in [3.8, 4) is 0 Å². The Kier molecular flexibility index (Phi) is 13.4. The van der Waals surface area contributed by atoms with Crippen LogP contribution in [0.5, 0.6) is 0 Å². The van der Waals surface area contributed by atoms with Gasteiger partial charge in [-0.3, -0.25) is 9.59 Å². The highest BCUT2D eigenvalue weighted by Gasteiger charge is 2.20. The number of hydrogen-bond donors (Lipinski definition) is 1. The minimum absolute atomic E-state index is 0.0202. The van der Waals surface area contributed by atoms with Crippen LogP contribution in [0.15, 0.2) is 30.3 Å². The number of hydrogen-bond acceptors (Lipinski definition) is 2. The van der Waals surface area contributed by atoms with Crippen molar-refractivity contribution in [2.75, 3.05) is 0 Å². The third-order valence-corrected chi connectivity index (χ3v) is 5.04. The van der Waals surface area contributed by atoms with Gasteiger partial charge in [-0.15, -0.1) is 0 Å². The van der Waals surface area contributed by atoms with Gasteiger partial charge >= 0.3 is 0 Å². The van der Waals surface area contributed by atoms with E-state index in [1.807, 2.05) is 30.3 Å². The van der Waals surface area contributed by atoms with E-state index in [9.17, 15) is 9.59 Å². The molecule has 0 radical (unpaired) electrons. The van der Waals surface area contributed by atoms with Crippen molar-refractivity contribution in [1.29, 1.82) is 0 Å². The molecule has 3 heteroatoms. The van der Waals surface area contributed by atoms with Gasteiger partial charge in [-0.05, 0) is 24.8 Å². The summed E-state index contributed by atoms with van der Waals surface area (Å²) in [7, 11) is 0. The summed E-state index contributed by atoms with van der Waals surface area (Å²) in [6.07, 6.45) is 13.0. The van der Waals surface area contributed by atoms with Crippen LogP contribution in [-0.4, -0.2) is 17.7 Å². The predicted octanol–water partition coefficient (Wildman–Crippen LogP) is 6.00. The second-order valence-corrected chi connectivity index (χ2v) is 7.60. The summed E-state index contributed by atoms with van der Waals surface area (Å²) in [6, 6.07) is 9.61. The quantitative estimate of drug-likeness (QED) is 0.361. The first-order valence-electron chi connectivity index (χ1n) is 11.0. The van der Waals surface area contributed by atoms with Crippen LogP contribution in [0, 0.1) is 0 Å². The second kappa shape index (κ2) is 15.4. The predicted molar refractivity (Wildman–Crippen MR) is 114 cm³/mol. The van der Waals surface area contributed by atoms with Crippen LogP contribution in [0.2, 0.25) is 0 Å². The Hall–Kier alpha value is -1.64. The lowest BCUT2D eigenvalue weighted by atomic mass is 9.98. The smallest absolute Gasteiger partial charge is 0.220 e. The zero-order chi connectivity index (χ0) is 19.7. The van der Waals surface area contributed by atoms with E-state index < -0.39 is 0 Å². The fourth-order valence-corrected chi connectivity index (χ4v) is 3.33. The molecular weight excluding hydrogens is 334 g/mol. The lowest BCUT2D eigenvalue weighted by Crippen LogP contribution is -2.42. The Morgan fingerprint density at radius 2 is 1.33 bits per heavy atom. The van der Waals surface area contributed by atoms with Gasteiger partial charge in [0.1, 0.15) is 0 Å². The highest BCUT2D eigenvalue weighted by Crippen LogP contribution is 2.11. The number of ketones is 1. The number of carbonyl (C=O) groups excluding carboxylic acids is 2. The van der Waals surface area contributed by atoms with Crippen molar-refractivity contribution < 1.29 is 9.59 Å². The average molecular weight is 374 g/mol. The van der Waals surface area contributed by atoms with Gasteiger partial charge in [-0.25, -0.2) is 0 Å². The number of rotatable bonds is 16. The molecule has 3 nitrogen and oxygen atoms in total. The monoisotopic (exact) mass is 373 g/mol. The van der Waals surface area contributed by atoms with Crippen LogP contribution in [0.3, 0.4) is 0 Å². The van der Waals surface area contributed by atoms with Crippen LogP contribution in [0.25, 0.3) is 0 Å². The third kappa shape index (κ3) is 11.6. The molecule has 0 aliphatic heterocycles. The molecule has 0 spiro atoms. The van der Waals surface area contributed by atoms with E-state index in [1.165, 1.54) is 38.5 Å². The van der Waals surface area contributed by atoms with Crippen LogP contribution in [-0.2, 0) is 16.0 Å². The van der Waals surface area contributed by atoms with E-state index in [-0.39, 0.29) is 17.7 Å². The van der Waals surface area contributed by atoms with E-state index >= 15 is 0 Å². The van der Waals surface area contributed by atoms with Crippen molar-refractivity contribution in [3.05, 3.63) is 35.9 Å². The molecule has 0 saturated heterocycles. The summed E-state index contributed by atoms with van der Waals surface area (Å²) >= 11 is 0. The molecule has 1 atom stereocenters. The number of benzene rings is 1. The molecule has 152 valence electrons. The Morgan fingerprint density at radius 3 is 1.93 bits per heavy atom. The number of Topliss-reactive ketones (excluding diaryl/α,β-unsaturated/α-hetero) is 1. The van der Waals surface area contributed by atoms with E-state index in [2.05, 4.69) is 19.2 Å². The van der Waals surface area contributed by atoms with Crippen LogP contribution >= 0.6 is 0 Å². The standard InChI is InChI=1S/C24H39NO2/c1-3-5-7-9-14-18-23(26)22(20-21-16-12-11-13-17-21)25-24(27)19-15-10-8-6-4-2/h11-13,16-17,22H,3-10,14-15,18-20H2,1-2H3,(H,25,27)/t22-/m1/s1. The van der Waals surface area contributed by atoms with E-state index in [0.717, 1.165) is 31.2 Å². The Morgan fingerprint density at radius 1 is 0.778 bits per heavy atom. The topological polar surface area (TPSA) is 46.2 Å². The van der Waals surface area contributed by atoms with Crippen molar-refractivity contribution in [1.82, 2.24) is 5.32 Å². The number of unbranched alkanes of at least 4 members (excludes halogenated alkanes) is 8. The molecule has 1 rings (SSSR count). The highest BCUT2D eigenvalue weighted by atomic mass is 16.2. The molecule has 1 amide bonds. The zero-order valence-corrected chi connectivity index (χ0v) is 17.5. The van der Waals surface area contributed by atoms with Crippen LogP contribution in [0.1, 0.15) is 96.5 Å². The fraction of sp³-hybridized carbons (Fsp3) is 0.667. The molecule has 0 fully saturated rings. The summed E-state index contributed by atoms with van der Waals surface area (Å²) < 4.78 is 0. The molecule has 1 aromatic rings. The lowest BCUT2D eigenvalue weighted by molar-refractivity contribution is -0.128. The molecule has 0 aliphatic rings. The molecule has 0 unspecified atom stereocenters. The van der Waals surface area contributed by atoms with Gasteiger partial charge in [0, 0.05) is 12.8 Å². The molecule has 0 bridgehead atoms. The van der Waals surface area contributed by atoms with Crippen molar-refractivity contribution in [2.24, 2.45) is 0 Å². The highest BCUT2D eigenvalue weighted by molar-refractivity contribution is 5.89. The van der Waals surface area contributed by atoms with Gasteiger partial charge < -0.3 is 5.32 Å². The van der Waals surface area contributed by atoms with Gasteiger partial charge in [0.05, 0.1) is 6.04 Å². The molecule has 0 aliphatic carbocycles. The molecule has 1 aromatic carbocycles. The van der Waals surface area contributed by atoms with Gasteiger partial charge in [-0.1, -0.05) is 95.5 Å².